The van der Waals surface area contributed by atoms with E-state index in [0.29, 0.717) is 12.5 Å². The van der Waals surface area contributed by atoms with Crippen molar-refractivity contribution in [2.75, 3.05) is 44.7 Å². The molecule has 1 aromatic carbocycles. The number of anilines is 1. The van der Waals surface area contributed by atoms with E-state index >= 15 is 0 Å². The van der Waals surface area contributed by atoms with Gasteiger partial charge in [0.25, 0.3) is 0 Å². The predicted molar refractivity (Wildman–Crippen MR) is 103 cm³/mol. The molecule has 0 saturated carbocycles. The summed E-state index contributed by atoms with van der Waals surface area (Å²) in [6, 6.07) is 8.44. The lowest BCUT2D eigenvalue weighted by molar-refractivity contribution is -0.123. The molecule has 1 fully saturated rings. The molecule has 2 rings (SSSR count). The molecule has 1 aliphatic heterocycles. The zero-order valence-electron chi connectivity index (χ0n) is 16.1. The Morgan fingerprint density at radius 1 is 1.08 bits per heavy atom. The SMILES string of the molecule is COc1ccc(N2CCN(CC(=O)N[C@@H](C)CCC(C)C)CC2)cc1. The van der Waals surface area contributed by atoms with E-state index in [-0.39, 0.29) is 11.9 Å². The van der Waals surface area contributed by atoms with Gasteiger partial charge >= 0.3 is 0 Å². The molecule has 0 spiro atoms. The number of carbonyl (C=O) groups is 1. The number of benzene rings is 1. The minimum absolute atomic E-state index is 0.147. The van der Waals surface area contributed by atoms with Crippen molar-refractivity contribution in [1.82, 2.24) is 10.2 Å². The number of carbonyl (C=O) groups excluding carboxylic acids is 1. The van der Waals surface area contributed by atoms with Gasteiger partial charge in [-0.15, -0.1) is 0 Å². The molecule has 25 heavy (non-hydrogen) atoms. The van der Waals surface area contributed by atoms with E-state index < -0.39 is 0 Å². The van der Waals surface area contributed by atoms with E-state index in [9.17, 15) is 4.79 Å². The van der Waals surface area contributed by atoms with E-state index in [2.05, 4.69) is 48.0 Å². The van der Waals surface area contributed by atoms with Crippen molar-refractivity contribution in [3.63, 3.8) is 0 Å². The van der Waals surface area contributed by atoms with Crippen molar-refractivity contribution < 1.29 is 9.53 Å². The number of hydrogen-bond donors (Lipinski definition) is 1. The van der Waals surface area contributed by atoms with Gasteiger partial charge in [0.15, 0.2) is 0 Å². The van der Waals surface area contributed by atoms with Crippen LogP contribution in [0.15, 0.2) is 24.3 Å². The van der Waals surface area contributed by atoms with Crippen molar-refractivity contribution in [3.8, 4) is 5.75 Å². The summed E-state index contributed by atoms with van der Waals surface area (Å²) in [5.74, 6) is 1.71. The monoisotopic (exact) mass is 347 g/mol. The van der Waals surface area contributed by atoms with Gasteiger partial charge in [0.1, 0.15) is 5.75 Å². The molecule has 0 bridgehead atoms. The first-order valence-electron chi connectivity index (χ1n) is 9.38. The Kier molecular flexibility index (Phi) is 7.56. The third-order valence-electron chi connectivity index (χ3n) is 4.76. The van der Waals surface area contributed by atoms with Gasteiger partial charge in [-0.25, -0.2) is 0 Å². The average Bonchev–Trinajstić information content (AvgIpc) is 2.60. The number of amides is 1. The molecule has 5 nitrogen and oxygen atoms in total. The quantitative estimate of drug-likeness (QED) is 0.785. The van der Waals surface area contributed by atoms with Crippen LogP contribution in [0, 0.1) is 5.92 Å². The zero-order valence-corrected chi connectivity index (χ0v) is 16.1. The summed E-state index contributed by atoms with van der Waals surface area (Å²) in [6.45, 7) is 10.8. The maximum absolute atomic E-state index is 12.2. The number of nitrogens with one attached hydrogen (secondary N) is 1. The standard InChI is InChI=1S/C20H33N3O2/c1-16(2)5-6-17(3)21-20(24)15-22-11-13-23(14-12-22)18-7-9-19(25-4)10-8-18/h7-10,16-17H,5-6,11-15H2,1-4H3,(H,21,24)/t17-/m0/s1. The van der Waals surface area contributed by atoms with Gasteiger partial charge in [0.2, 0.25) is 5.91 Å². The van der Waals surface area contributed by atoms with Crippen LogP contribution in [-0.2, 0) is 4.79 Å². The van der Waals surface area contributed by atoms with Crippen LogP contribution in [0.3, 0.4) is 0 Å². The fourth-order valence-electron chi connectivity index (χ4n) is 3.14. The van der Waals surface area contributed by atoms with Crippen LogP contribution in [0.2, 0.25) is 0 Å². The van der Waals surface area contributed by atoms with Gasteiger partial charge < -0.3 is 15.0 Å². The number of methoxy groups -OCH3 is 1. The van der Waals surface area contributed by atoms with Crippen LogP contribution in [-0.4, -0.2) is 56.7 Å². The number of nitrogens with zero attached hydrogens (tertiary/aromatic N) is 2. The van der Waals surface area contributed by atoms with Crippen molar-refractivity contribution in [2.45, 2.75) is 39.7 Å². The van der Waals surface area contributed by atoms with Gasteiger partial charge in [-0.1, -0.05) is 13.8 Å². The summed E-state index contributed by atoms with van der Waals surface area (Å²) in [6.07, 6.45) is 2.20. The van der Waals surface area contributed by atoms with Gasteiger partial charge in [-0.3, -0.25) is 9.69 Å². The van der Waals surface area contributed by atoms with Crippen molar-refractivity contribution >= 4 is 11.6 Å². The fraction of sp³-hybridized carbons (Fsp3) is 0.650. The molecule has 0 radical (unpaired) electrons. The van der Waals surface area contributed by atoms with Crippen LogP contribution in [0.1, 0.15) is 33.6 Å². The maximum Gasteiger partial charge on any atom is 0.234 e. The number of hydrogen-bond acceptors (Lipinski definition) is 4. The lowest BCUT2D eigenvalue weighted by Crippen LogP contribution is -2.50. The highest BCUT2D eigenvalue weighted by atomic mass is 16.5. The third-order valence-corrected chi connectivity index (χ3v) is 4.76. The highest BCUT2D eigenvalue weighted by Crippen LogP contribution is 2.20. The molecule has 1 amide bonds. The number of ether oxygens (including phenoxy) is 1. The van der Waals surface area contributed by atoms with Crippen molar-refractivity contribution in [3.05, 3.63) is 24.3 Å². The molecule has 0 aromatic heterocycles. The normalized spacial score (nSPS) is 16.8. The Bertz CT molecular complexity index is 522. The van der Waals surface area contributed by atoms with Crippen LogP contribution in [0.4, 0.5) is 5.69 Å². The van der Waals surface area contributed by atoms with E-state index in [1.54, 1.807) is 7.11 Å². The van der Waals surface area contributed by atoms with Crippen LogP contribution in [0.25, 0.3) is 0 Å². The van der Waals surface area contributed by atoms with Crippen molar-refractivity contribution in [1.29, 1.82) is 0 Å². The largest absolute Gasteiger partial charge is 0.497 e. The fourth-order valence-corrected chi connectivity index (χ4v) is 3.14. The Labute approximate surface area is 152 Å². The first-order valence-corrected chi connectivity index (χ1v) is 9.38. The molecular formula is C20H33N3O2. The summed E-state index contributed by atoms with van der Waals surface area (Å²) < 4.78 is 5.21. The summed E-state index contributed by atoms with van der Waals surface area (Å²) in [4.78, 5) is 16.8. The second kappa shape index (κ2) is 9.66. The molecule has 140 valence electrons. The minimum atomic E-state index is 0.147. The van der Waals surface area contributed by atoms with E-state index in [1.165, 1.54) is 5.69 Å². The molecule has 1 atom stereocenters. The molecule has 0 unspecified atom stereocenters. The zero-order chi connectivity index (χ0) is 18.2. The Morgan fingerprint density at radius 3 is 2.28 bits per heavy atom. The van der Waals surface area contributed by atoms with Crippen LogP contribution in [0.5, 0.6) is 5.75 Å². The molecule has 1 aliphatic rings. The smallest absolute Gasteiger partial charge is 0.234 e. The van der Waals surface area contributed by atoms with Gasteiger partial charge in [-0.2, -0.15) is 0 Å². The topological polar surface area (TPSA) is 44.8 Å². The summed E-state index contributed by atoms with van der Waals surface area (Å²) in [5, 5.41) is 3.13. The number of rotatable bonds is 8. The second-order valence-electron chi connectivity index (χ2n) is 7.40. The lowest BCUT2D eigenvalue weighted by Gasteiger charge is -2.36. The maximum atomic E-state index is 12.2. The highest BCUT2D eigenvalue weighted by molar-refractivity contribution is 5.78. The Hall–Kier alpha value is -1.75. The molecule has 0 aliphatic carbocycles. The highest BCUT2D eigenvalue weighted by Gasteiger charge is 2.20. The first-order chi connectivity index (χ1) is 12.0. The van der Waals surface area contributed by atoms with E-state index in [0.717, 1.165) is 44.8 Å². The Morgan fingerprint density at radius 2 is 1.72 bits per heavy atom. The first kappa shape index (κ1) is 19.6. The minimum Gasteiger partial charge on any atom is -0.497 e. The molecular weight excluding hydrogens is 314 g/mol. The van der Waals surface area contributed by atoms with Gasteiger partial charge in [0.05, 0.1) is 13.7 Å². The third kappa shape index (κ3) is 6.58. The average molecular weight is 348 g/mol. The molecule has 1 heterocycles. The summed E-state index contributed by atoms with van der Waals surface area (Å²) in [7, 11) is 1.68. The Balaban J connectivity index is 1.71. The van der Waals surface area contributed by atoms with Gasteiger partial charge in [0, 0.05) is 37.9 Å². The van der Waals surface area contributed by atoms with Crippen LogP contribution >= 0.6 is 0 Å². The molecule has 1 N–H and O–H groups in total. The summed E-state index contributed by atoms with van der Waals surface area (Å²) >= 11 is 0. The molecule has 5 heteroatoms. The molecule has 1 saturated heterocycles. The van der Waals surface area contributed by atoms with E-state index in [4.69, 9.17) is 4.74 Å². The lowest BCUT2D eigenvalue weighted by atomic mass is 10.0. The predicted octanol–water partition coefficient (Wildman–Crippen LogP) is 2.76. The van der Waals surface area contributed by atoms with E-state index in [1.807, 2.05) is 12.1 Å². The van der Waals surface area contributed by atoms with Crippen molar-refractivity contribution in [2.24, 2.45) is 5.92 Å². The molecule has 1 aromatic rings. The number of piperazine rings is 1. The van der Waals surface area contributed by atoms with Gasteiger partial charge in [-0.05, 0) is 49.9 Å². The summed E-state index contributed by atoms with van der Waals surface area (Å²) in [5.41, 5.74) is 1.22. The van der Waals surface area contributed by atoms with Crippen LogP contribution < -0.4 is 15.0 Å². The second-order valence-corrected chi connectivity index (χ2v) is 7.40.